The zero-order valence-electron chi connectivity index (χ0n) is 10.4. The van der Waals surface area contributed by atoms with Crippen LogP contribution < -0.4 is 16.4 Å². The number of hydrogen-bond acceptors (Lipinski definition) is 3. The van der Waals surface area contributed by atoms with Gasteiger partial charge in [0.25, 0.3) is 0 Å². The van der Waals surface area contributed by atoms with Crippen LogP contribution in [0, 0.1) is 17.6 Å². The molecule has 6 heteroatoms. The molecular weight excluding hydrogens is 240 g/mol. The average Bonchev–Trinajstić information content (AvgIpc) is 2.22. The van der Waals surface area contributed by atoms with Gasteiger partial charge in [0.05, 0.1) is 17.9 Å². The number of anilines is 2. The minimum atomic E-state index is -1.06. The molecule has 0 bridgehead atoms. The third kappa shape index (κ3) is 3.32. The van der Waals surface area contributed by atoms with E-state index in [-0.39, 0.29) is 23.8 Å². The molecule has 0 saturated heterocycles. The fraction of sp³-hybridized carbons (Fsp3) is 0.417. The third-order valence-electron chi connectivity index (χ3n) is 2.35. The van der Waals surface area contributed by atoms with Crippen LogP contribution in [0.4, 0.5) is 20.2 Å². The van der Waals surface area contributed by atoms with Crippen molar-refractivity contribution in [2.75, 3.05) is 23.7 Å². The molecule has 0 aromatic heterocycles. The van der Waals surface area contributed by atoms with Gasteiger partial charge in [0.1, 0.15) is 0 Å². The van der Waals surface area contributed by atoms with Crippen LogP contribution in [0.2, 0.25) is 0 Å². The van der Waals surface area contributed by atoms with Crippen molar-refractivity contribution in [3.63, 3.8) is 0 Å². The van der Waals surface area contributed by atoms with Crippen molar-refractivity contribution in [1.29, 1.82) is 0 Å². The fourth-order valence-electron chi connectivity index (χ4n) is 1.74. The Morgan fingerprint density at radius 1 is 1.39 bits per heavy atom. The van der Waals surface area contributed by atoms with Crippen LogP contribution in [-0.4, -0.2) is 19.0 Å². The molecule has 0 aliphatic carbocycles. The molecule has 0 fully saturated rings. The standard InChI is InChI=1S/C12H17F2N3O/c1-7(2)5-17(6-10(16)18)12-9(15)4-3-8(13)11(12)14/h3-4,7H,5-6,15H2,1-2H3,(H2,16,18). The van der Waals surface area contributed by atoms with Crippen molar-refractivity contribution in [2.24, 2.45) is 11.7 Å². The second-order valence-corrected chi connectivity index (χ2v) is 4.54. The normalized spacial score (nSPS) is 10.7. The molecule has 0 spiro atoms. The lowest BCUT2D eigenvalue weighted by Crippen LogP contribution is -2.37. The molecule has 0 saturated carbocycles. The minimum absolute atomic E-state index is 0.0794. The fourth-order valence-corrected chi connectivity index (χ4v) is 1.74. The van der Waals surface area contributed by atoms with Gasteiger partial charge in [0, 0.05) is 6.54 Å². The highest BCUT2D eigenvalue weighted by Crippen LogP contribution is 2.29. The van der Waals surface area contributed by atoms with Crippen LogP contribution in [0.5, 0.6) is 0 Å². The maximum Gasteiger partial charge on any atom is 0.236 e. The highest BCUT2D eigenvalue weighted by Gasteiger charge is 2.20. The van der Waals surface area contributed by atoms with Crippen LogP contribution in [0.3, 0.4) is 0 Å². The van der Waals surface area contributed by atoms with Crippen molar-refractivity contribution < 1.29 is 13.6 Å². The van der Waals surface area contributed by atoms with Crippen LogP contribution in [0.25, 0.3) is 0 Å². The summed E-state index contributed by atoms with van der Waals surface area (Å²) in [6, 6.07) is 2.22. The summed E-state index contributed by atoms with van der Waals surface area (Å²) in [6.07, 6.45) is 0. The summed E-state index contributed by atoms with van der Waals surface area (Å²) in [6.45, 7) is 3.93. The Labute approximate surface area is 105 Å². The van der Waals surface area contributed by atoms with E-state index in [1.165, 1.54) is 11.0 Å². The topological polar surface area (TPSA) is 72.3 Å². The van der Waals surface area contributed by atoms with Crippen LogP contribution in [0.1, 0.15) is 13.8 Å². The lowest BCUT2D eigenvalue weighted by Gasteiger charge is -2.27. The molecule has 0 aliphatic rings. The van der Waals surface area contributed by atoms with Crippen molar-refractivity contribution in [3.8, 4) is 0 Å². The molecule has 1 aromatic carbocycles. The van der Waals surface area contributed by atoms with Gasteiger partial charge in [-0.05, 0) is 18.1 Å². The number of nitrogens with zero attached hydrogens (tertiary/aromatic N) is 1. The molecule has 1 amide bonds. The summed E-state index contributed by atoms with van der Waals surface area (Å²) in [7, 11) is 0. The maximum absolute atomic E-state index is 13.8. The van der Waals surface area contributed by atoms with E-state index in [0.717, 1.165) is 6.07 Å². The van der Waals surface area contributed by atoms with E-state index in [2.05, 4.69) is 0 Å². The number of rotatable bonds is 5. The monoisotopic (exact) mass is 257 g/mol. The van der Waals surface area contributed by atoms with E-state index in [0.29, 0.717) is 6.54 Å². The highest BCUT2D eigenvalue weighted by molar-refractivity contribution is 5.81. The first-order valence-electron chi connectivity index (χ1n) is 5.59. The second kappa shape index (κ2) is 5.66. The maximum atomic E-state index is 13.8. The molecule has 100 valence electrons. The van der Waals surface area contributed by atoms with Gasteiger partial charge >= 0.3 is 0 Å². The SMILES string of the molecule is CC(C)CN(CC(N)=O)c1c(N)ccc(F)c1F. The van der Waals surface area contributed by atoms with Crippen LogP contribution >= 0.6 is 0 Å². The van der Waals surface area contributed by atoms with E-state index >= 15 is 0 Å². The first-order valence-corrected chi connectivity index (χ1v) is 5.59. The summed E-state index contributed by atoms with van der Waals surface area (Å²) in [5.74, 6) is -2.54. The number of nitrogen functional groups attached to an aromatic ring is 1. The zero-order valence-corrected chi connectivity index (χ0v) is 10.4. The molecule has 0 radical (unpaired) electrons. The van der Waals surface area contributed by atoms with Crippen LogP contribution in [0.15, 0.2) is 12.1 Å². The van der Waals surface area contributed by atoms with Gasteiger partial charge in [0.2, 0.25) is 5.91 Å². The Kier molecular flexibility index (Phi) is 4.47. The number of halogens is 2. The molecule has 1 rings (SSSR count). The van der Waals surface area contributed by atoms with Crippen molar-refractivity contribution in [1.82, 2.24) is 0 Å². The van der Waals surface area contributed by atoms with Gasteiger partial charge in [-0.2, -0.15) is 0 Å². The largest absolute Gasteiger partial charge is 0.397 e. The van der Waals surface area contributed by atoms with E-state index in [9.17, 15) is 13.6 Å². The van der Waals surface area contributed by atoms with E-state index in [1.807, 2.05) is 13.8 Å². The number of carbonyl (C=O) groups is 1. The number of primary amides is 1. The van der Waals surface area contributed by atoms with Gasteiger partial charge in [0.15, 0.2) is 11.6 Å². The van der Waals surface area contributed by atoms with Crippen molar-refractivity contribution >= 4 is 17.3 Å². The van der Waals surface area contributed by atoms with Gasteiger partial charge in [-0.1, -0.05) is 13.8 Å². The van der Waals surface area contributed by atoms with E-state index in [4.69, 9.17) is 11.5 Å². The molecular formula is C12H17F2N3O. The molecule has 4 nitrogen and oxygen atoms in total. The first-order chi connectivity index (χ1) is 8.32. The summed E-state index contributed by atoms with van der Waals surface area (Å²) < 4.78 is 27.0. The Morgan fingerprint density at radius 3 is 2.50 bits per heavy atom. The molecule has 0 heterocycles. The van der Waals surface area contributed by atoms with E-state index in [1.54, 1.807) is 0 Å². The smallest absolute Gasteiger partial charge is 0.236 e. The van der Waals surface area contributed by atoms with Gasteiger partial charge in [-0.15, -0.1) is 0 Å². The van der Waals surface area contributed by atoms with Crippen molar-refractivity contribution in [2.45, 2.75) is 13.8 Å². The number of nitrogens with two attached hydrogens (primary N) is 2. The van der Waals surface area contributed by atoms with Crippen LogP contribution in [-0.2, 0) is 4.79 Å². The lowest BCUT2D eigenvalue weighted by molar-refractivity contribution is -0.116. The van der Waals surface area contributed by atoms with Gasteiger partial charge in [-0.3, -0.25) is 4.79 Å². The molecule has 0 atom stereocenters. The summed E-state index contributed by atoms with van der Waals surface area (Å²) in [5.41, 5.74) is 10.7. The number of benzene rings is 1. The molecule has 18 heavy (non-hydrogen) atoms. The number of carbonyl (C=O) groups excluding carboxylic acids is 1. The van der Waals surface area contributed by atoms with E-state index < -0.39 is 17.5 Å². The molecule has 0 aliphatic heterocycles. The minimum Gasteiger partial charge on any atom is -0.397 e. The Hall–Kier alpha value is -1.85. The Balaban J connectivity index is 3.19. The Bertz CT molecular complexity index is 449. The lowest BCUT2D eigenvalue weighted by atomic mass is 10.1. The predicted molar refractivity (Wildman–Crippen MR) is 67.0 cm³/mol. The predicted octanol–water partition coefficient (Wildman–Crippen LogP) is 1.49. The number of amides is 1. The first kappa shape index (κ1) is 14.2. The van der Waals surface area contributed by atoms with Gasteiger partial charge < -0.3 is 16.4 Å². The average molecular weight is 257 g/mol. The van der Waals surface area contributed by atoms with Gasteiger partial charge in [-0.25, -0.2) is 8.78 Å². The van der Waals surface area contributed by atoms with Crippen molar-refractivity contribution in [3.05, 3.63) is 23.8 Å². The summed E-state index contributed by atoms with van der Waals surface area (Å²) in [4.78, 5) is 12.4. The second-order valence-electron chi connectivity index (χ2n) is 4.54. The highest BCUT2D eigenvalue weighted by atomic mass is 19.2. The molecule has 4 N–H and O–H groups in total. The Morgan fingerprint density at radius 2 is 2.00 bits per heavy atom. The summed E-state index contributed by atoms with van der Waals surface area (Å²) in [5, 5.41) is 0. The summed E-state index contributed by atoms with van der Waals surface area (Å²) >= 11 is 0. The number of hydrogen-bond donors (Lipinski definition) is 2. The molecule has 1 aromatic rings. The molecule has 0 unspecified atom stereocenters. The quantitative estimate of drug-likeness (QED) is 0.785. The zero-order chi connectivity index (χ0) is 13.9. The third-order valence-corrected chi connectivity index (χ3v) is 2.35.